The quantitative estimate of drug-likeness (QED) is 0.181. The first-order chi connectivity index (χ1) is 22.3. The summed E-state index contributed by atoms with van der Waals surface area (Å²) in [5.41, 5.74) is 3.06. The van der Waals surface area contributed by atoms with Crippen LogP contribution in [0.15, 0.2) is 99.6 Å². The summed E-state index contributed by atoms with van der Waals surface area (Å²) in [6.07, 6.45) is 6.24. The van der Waals surface area contributed by atoms with Crippen molar-refractivity contribution in [2.45, 2.75) is 26.2 Å². The van der Waals surface area contributed by atoms with Gasteiger partial charge in [0.25, 0.3) is 17.0 Å². The zero-order chi connectivity index (χ0) is 31.9. The van der Waals surface area contributed by atoms with E-state index in [1.165, 1.54) is 19.5 Å². The van der Waals surface area contributed by atoms with Crippen molar-refractivity contribution < 1.29 is 4.79 Å². The first-order valence-electron chi connectivity index (χ1n) is 15.2. The largest absolute Gasteiger partial charge is 0.356 e. The van der Waals surface area contributed by atoms with E-state index >= 15 is 0 Å². The van der Waals surface area contributed by atoms with Crippen LogP contribution in [0.4, 0.5) is 11.5 Å². The lowest BCUT2D eigenvalue weighted by atomic mass is 9.90. The van der Waals surface area contributed by atoms with Crippen LogP contribution in [-0.2, 0) is 18.3 Å². The lowest BCUT2D eigenvalue weighted by molar-refractivity contribution is -0.113. The maximum atomic E-state index is 14.0. The van der Waals surface area contributed by atoms with E-state index in [0.717, 1.165) is 44.1 Å². The minimum absolute atomic E-state index is 0.200. The highest BCUT2D eigenvalue weighted by molar-refractivity contribution is 8.27. The van der Waals surface area contributed by atoms with Crippen molar-refractivity contribution in [1.29, 1.82) is 0 Å². The van der Waals surface area contributed by atoms with Crippen LogP contribution in [0.5, 0.6) is 0 Å². The molecular formula is C35H32N6O3S2. The Bertz CT molecular complexity index is 2130. The van der Waals surface area contributed by atoms with Gasteiger partial charge in [-0.15, -0.1) is 0 Å². The zero-order valence-corrected chi connectivity index (χ0v) is 27.1. The van der Waals surface area contributed by atoms with Crippen molar-refractivity contribution in [3.8, 4) is 5.69 Å². The van der Waals surface area contributed by atoms with Gasteiger partial charge in [-0.2, -0.15) is 0 Å². The Morgan fingerprint density at radius 2 is 1.59 bits per heavy atom. The summed E-state index contributed by atoms with van der Waals surface area (Å²) in [5.74, 6) is 0.655. The number of piperidine rings is 1. The zero-order valence-electron chi connectivity index (χ0n) is 25.5. The van der Waals surface area contributed by atoms with Gasteiger partial charge in [-0.1, -0.05) is 78.6 Å². The minimum atomic E-state index is -0.439. The highest BCUT2D eigenvalue weighted by Gasteiger charge is 2.38. The molecule has 0 saturated carbocycles. The number of hydrogen-bond acceptors (Lipinski definition) is 7. The minimum Gasteiger partial charge on any atom is -0.356 e. The van der Waals surface area contributed by atoms with Crippen LogP contribution in [0.1, 0.15) is 29.7 Å². The van der Waals surface area contributed by atoms with Crippen molar-refractivity contribution in [2.24, 2.45) is 13.0 Å². The molecule has 0 N–H and O–H groups in total. The SMILES string of the molecule is Cc1c(N2C(=O)C(=Cc3c(N4CCC(Cc5ccccc5)CC4)nc4ccccn4c3=O)SC2=S)c(=O)n(-c2ccccc2)n1C. The van der Waals surface area contributed by atoms with E-state index in [2.05, 4.69) is 29.2 Å². The number of thioether (sulfide) groups is 1. The lowest BCUT2D eigenvalue weighted by Gasteiger charge is -2.33. The summed E-state index contributed by atoms with van der Waals surface area (Å²) in [6.45, 7) is 3.28. The third-order valence-electron chi connectivity index (χ3n) is 8.85. The Morgan fingerprint density at radius 3 is 2.30 bits per heavy atom. The molecule has 232 valence electrons. The summed E-state index contributed by atoms with van der Waals surface area (Å²) in [6, 6.07) is 25.2. The van der Waals surface area contributed by atoms with Gasteiger partial charge in [0.2, 0.25) is 0 Å². The van der Waals surface area contributed by atoms with Crippen molar-refractivity contribution in [3.63, 3.8) is 0 Å². The van der Waals surface area contributed by atoms with Gasteiger partial charge in [0.05, 0.1) is 21.8 Å². The van der Waals surface area contributed by atoms with E-state index in [1.807, 2.05) is 48.5 Å². The number of fused-ring (bicyclic) bond motifs is 1. The number of para-hydroxylation sites is 1. The first-order valence-corrected chi connectivity index (χ1v) is 16.5. The van der Waals surface area contributed by atoms with E-state index < -0.39 is 5.91 Å². The van der Waals surface area contributed by atoms with Gasteiger partial charge in [0.1, 0.15) is 17.2 Å². The Kier molecular flexibility index (Phi) is 7.95. The van der Waals surface area contributed by atoms with E-state index in [-0.39, 0.29) is 26.0 Å². The number of rotatable bonds is 6. The fourth-order valence-electron chi connectivity index (χ4n) is 6.36. The normalized spacial score (nSPS) is 16.7. The fourth-order valence-corrected chi connectivity index (χ4v) is 7.61. The highest BCUT2D eigenvalue weighted by atomic mass is 32.2. The molecule has 11 heteroatoms. The van der Waals surface area contributed by atoms with Crippen LogP contribution in [-0.4, -0.2) is 42.1 Å². The molecule has 0 bridgehead atoms. The van der Waals surface area contributed by atoms with Gasteiger partial charge >= 0.3 is 0 Å². The van der Waals surface area contributed by atoms with Crippen LogP contribution in [0.3, 0.4) is 0 Å². The third kappa shape index (κ3) is 5.29. The Balaban J connectivity index is 1.24. The Morgan fingerprint density at radius 1 is 0.913 bits per heavy atom. The summed E-state index contributed by atoms with van der Waals surface area (Å²) < 4.78 is 4.97. The van der Waals surface area contributed by atoms with Crippen molar-refractivity contribution in [2.75, 3.05) is 22.9 Å². The second kappa shape index (κ2) is 12.2. The summed E-state index contributed by atoms with van der Waals surface area (Å²) in [4.78, 5) is 50.4. The van der Waals surface area contributed by atoms with Crippen molar-refractivity contribution >= 4 is 57.4 Å². The second-order valence-electron chi connectivity index (χ2n) is 11.6. The van der Waals surface area contributed by atoms with Crippen LogP contribution < -0.4 is 20.9 Å². The monoisotopic (exact) mass is 648 g/mol. The molecule has 0 radical (unpaired) electrons. The molecule has 2 fully saturated rings. The molecule has 2 aliphatic heterocycles. The molecule has 0 atom stereocenters. The fraction of sp³-hybridized carbons (Fsp3) is 0.229. The molecule has 1 amide bonds. The predicted octanol–water partition coefficient (Wildman–Crippen LogP) is 5.36. The van der Waals surface area contributed by atoms with Gasteiger partial charge < -0.3 is 4.90 Å². The molecule has 5 heterocycles. The number of carbonyl (C=O) groups is 1. The van der Waals surface area contributed by atoms with Crippen molar-refractivity contribution in [1.82, 2.24) is 18.7 Å². The molecule has 9 nitrogen and oxygen atoms in total. The summed E-state index contributed by atoms with van der Waals surface area (Å²) >= 11 is 6.76. The molecular weight excluding hydrogens is 617 g/mol. The first kappa shape index (κ1) is 29.9. The topological polar surface area (TPSA) is 84.9 Å². The summed E-state index contributed by atoms with van der Waals surface area (Å²) in [7, 11) is 1.78. The van der Waals surface area contributed by atoms with Crippen molar-refractivity contribution in [3.05, 3.63) is 127 Å². The number of anilines is 2. The molecule has 7 rings (SSSR count). The molecule has 0 unspecified atom stereocenters. The number of pyridine rings is 1. The standard InChI is InChI=1S/C35H32N6O3S2/c1-23-30(34(44)41(37(23)2)26-13-7-4-8-14-26)40-33(43)28(46-35(40)45)22-27-31(36-29-15-9-10-18-39(29)32(27)42)38-19-16-25(17-20-38)21-24-11-5-3-6-12-24/h3-15,18,22,25H,16-17,19-21H2,1-2H3. The number of nitrogens with zero attached hydrogens (tertiary/aromatic N) is 6. The molecule has 2 saturated heterocycles. The molecule has 0 spiro atoms. The maximum absolute atomic E-state index is 14.0. The van der Waals surface area contributed by atoms with E-state index in [0.29, 0.717) is 34.3 Å². The van der Waals surface area contributed by atoms with Gasteiger partial charge in [-0.25, -0.2) is 9.67 Å². The maximum Gasteiger partial charge on any atom is 0.296 e. The number of hydrogen-bond donors (Lipinski definition) is 0. The summed E-state index contributed by atoms with van der Waals surface area (Å²) in [5, 5.41) is 0. The average Bonchev–Trinajstić information content (AvgIpc) is 3.47. The van der Waals surface area contributed by atoms with E-state index in [9.17, 15) is 14.4 Å². The van der Waals surface area contributed by atoms with Gasteiger partial charge in [-0.05, 0) is 68.0 Å². The number of amides is 1. The highest BCUT2D eigenvalue weighted by Crippen LogP contribution is 2.37. The molecule has 5 aromatic rings. The van der Waals surface area contributed by atoms with E-state index in [4.69, 9.17) is 17.2 Å². The second-order valence-corrected chi connectivity index (χ2v) is 13.3. The predicted molar refractivity (Wildman–Crippen MR) is 188 cm³/mol. The number of aromatic nitrogens is 4. The number of carbonyl (C=O) groups excluding carboxylic acids is 1. The molecule has 0 aliphatic carbocycles. The molecule has 3 aromatic heterocycles. The number of benzene rings is 2. The molecule has 2 aromatic carbocycles. The van der Waals surface area contributed by atoms with Gasteiger partial charge in [0, 0.05) is 26.3 Å². The molecule has 46 heavy (non-hydrogen) atoms. The Labute approximate surface area is 275 Å². The van der Waals surface area contributed by atoms with E-state index in [1.54, 1.807) is 37.0 Å². The van der Waals surface area contributed by atoms with Gasteiger partial charge in [0.15, 0.2) is 4.32 Å². The van der Waals surface area contributed by atoms with Crippen LogP contribution in [0, 0.1) is 12.8 Å². The average molecular weight is 649 g/mol. The Hall–Kier alpha value is -4.74. The molecule has 2 aliphatic rings. The van der Waals surface area contributed by atoms with Crippen LogP contribution in [0.25, 0.3) is 17.4 Å². The van der Waals surface area contributed by atoms with Gasteiger partial charge in [-0.3, -0.25) is 28.4 Å². The van der Waals surface area contributed by atoms with Crippen LogP contribution >= 0.6 is 24.0 Å². The smallest absolute Gasteiger partial charge is 0.296 e. The van der Waals surface area contributed by atoms with Crippen LogP contribution in [0.2, 0.25) is 0 Å². The lowest BCUT2D eigenvalue weighted by Crippen LogP contribution is -2.37. The number of thiocarbonyl (C=S) groups is 1. The third-order valence-corrected chi connectivity index (χ3v) is 10.1.